The number of hydrogen-bond donors (Lipinski definition) is 0. The Morgan fingerprint density at radius 2 is 1.88 bits per heavy atom. The number of nitro groups is 1. The van der Waals surface area contributed by atoms with Crippen molar-refractivity contribution in [3.05, 3.63) is 79.7 Å². The van der Waals surface area contributed by atoms with Crippen LogP contribution >= 0.6 is 11.3 Å². The molecule has 0 spiro atoms. The summed E-state index contributed by atoms with van der Waals surface area (Å²) in [6.07, 6.45) is 3.12. The van der Waals surface area contributed by atoms with Crippen LogP contribution in [0.5, 0.6) is 0 Å². The Bertz CT molecular complexity index is 964. The average molecular weight is 353 g/mol. The highest BCUT2D eigenvalue weighted by molar-refractivity contribution is 7.12. The quantitative estimate of drug-likeness (QED) is 0.265. The van der Waals surface area contributed by atoms with Crippen LogP contribution in [0.4, 0.5) is 5.69 Å². The van der Waals surface area contributed by atoms with E-state index in [0.29, 0.717) is 17.1 Å². The number of allylic oxidation sites excluding steroid dienone is 1. The number of benzene rings is 1. The fraction of sp³-hybridized carbons (Fsp3) is 0.105. The summed E-state index contributed by atoms with van der Waals surface area (Å²) in [5, 5.41) is 10.7. The summed E-state index contributed by atoms with van der Waals surface area (Å²) in [5.74, 6) is 1.07. The van der Waals surface area contributed by atoms with Crippen LogP contribution in [0.25, 0.3) is 17.4 Å². The fourth-order valence-electron chi connectivity index (χ4n) is 2.47. The van der Waals surface area contributed by atoms with Crippen LogP contribution in [0.15, 0.2) is 53.0 Å². The Morgan fingerprint density at radius 3 is 2.48 bits per heavy atom. The van der Waals surface area contributed by atoms with E-state index >= 15 is 0 Å². The van der Waals surface area contributed by atoms with Gasteiger partial charge in [-0.15, -0.1) is 11.3 Å². The normalized spacial score (nSPS) is 11.1. The smallest absolute Gasteiger partial charge is 0.269 e. The number of ketones is 1. The number of rotatable bonds is 5. The molecule has 0 fully saturated rings. The number of carbonyl (C=O) groups excluding carboxylic acids is 1. The van der Waals surface area contributed by atoms with Gasteiger partial charge in [-0.05, 0) is 56.3 Å². The summed E-state index contributed by atoms with van der Waals surface area (Å²) >= 11 is 1.60. The highest BCUT2D eigenvalue weighted by atomic mass is 32.1. The van der Waals surface area contributed by atoms with E-state index in [-0.39, 0.29) is 11.5 Å². The van der Waals surface area contributed by atoms with Crippen LogP contribution in [-0.4, -0.2) is 10.7 Å². The molecular formula is C19H15NO4S. The predicted molar refractivity (Wildman–Crippen MR) is 98.0 cm³/mol. The number of hydrogen-bond acceptors (Lipinski definition) is 5. The van der Waals surface area contributed by atoms with Crippen LogP contribution in [0.3, 0.4) is 0 Å². The third kappa shape index (κ3) is 3.75. The molecule has 0 aliphatic heterocycles. The minimum Gasteiger partial charge on any atom is -0.457 e. The first kappa shape index (κ1) is 16.9. The molecule has 1 aromatic carbocycles. The number of nitrogens with zero attached hydrogens (tertiary/aromatic N) is 1. The lowest BCUT2D eigenvalue weighted by Crippen LogP contribution is -1.93. The van der Waals surface area contributed by atoms with Crippen molar-refractivity contribution >= 4 is 28.9 Å². The van der Waals surface area contributed by atoms with E-state index in [9.17, 15) is 14.9 Å². The van der Waals surface area contributed by atoms with Gasteiger partial charge in [-0.3, -0.25) is 14.9 Å². The van der Waals surface area contributed by atoms with Crippen LogP contribution in [0, 0.1) is 24.0 Å². The Kier molecular flexibility index (Phi) is 4.63. The molecular weight excluding hydrogens is 338 g/mol. The highest BCUT2D eigenvalue weighted by Gasteiger charge is 2.10. The monoisotopic (exact) mass is 353 g/mol. The molecule has 0 unspecified atom stereocenters. The first-order valence-corrected chi connectivity index (χ1v) is 8.40. The zero-order valence-electron chi connectivity index (χ0n) is 13.7. The van der Waals surface area contributed by atoms with E-state index in [2.05, 4.69) is 0 Å². The molecule has 0 saturated heterocycles. The molecule has 25 heavy (non-hydrogen) atoms. The largest absolute Gasteiger partial charge is 0.457 e. The molecule has 0 aliphatic carbocycles. The number of carbonyl (C=O) groups is 1. The molecule has 3 rings (SSSR count). The first-order chi connectivity index (χ1) is 11.9. The van der Waals surface area contributed by atoms with E-state index in [1.807, 2.05) is 19.9 Å². The van der Waals surface area contributed by atoms with Gasteiger partial charge >= 0.3 is 0 Å². The van der Waals surface area contributed by atoms with Crippen LogP contribution in [0.1, 0.15) is 25.9 Å². The maximum absolute atomic E-state index is 12.2. The lowest BCUT2D eigenvalue weighted by Gasteiger charge is -1.96. The summed E-state index contributed by atoms with van der Waals surface area (Å²) in [6, 6.07) is 11.5. The lowest BCUT2D eigenvalue weighted by molar-refractivity contribution is -0.384. The Balaban J connectivity index is 1.76. The van der Waals surface area contributed by atoms with Gasteiger partial charge in [-0.2, -0.15) is 0 Å². The molecule has 2 aromatic heterocycles. The molecule has 0 aliphatic rings. The van der Waals surface area contributed by atoms with Crippen molar-refractivity contribution in [2.45, 2.75) is 13.8 Å². The second-order valence-electron chi connectivity index (χ2n) is 5.53. The molecule has 0 radical (unpaired) electrons. The maximum atomic E-state index is 12.2. The van der Waals surface area contributed by atoms with Crippen molar-refractivity contribution in [2.75, 3.05) is 0 Å². The van der Waals surface area contributed by atoms with Gasteiger partial charge < -0.3 is 4.42 Å². The van der Waals surface area contributed by atoms with Gasteiger partial charge in [0.05, 0.1) is 4.92 Å². The zero-order chi connectivity index (χ0) is 18.0. The van der Waals surface area contributed by atoms with E-state index in [1.54, 1.807) is 41.7 Å². The van der Waals surface area contributed by atoms with Gasteiger partial charge in [-0.25, -0.2) is 0 Å². The van der Waals surface area contributed by atoms with Gasteiger partial charge in [0.15, 0.2) is 5.78 Å². The second-order valence-corrected chi connectivity index (χ2v) is 6.99. The minimum atomic E-state index is -0.445. The lowest BCUT2D eigenvalue weighted by atomic mass is 10.1. The number of non-ortho nitro benzene ring substituents is 1. The van der Waals surface area contributed by atoms with Crippen molar-refractivity contribution < 1.29 is 14.1 Å². The van der Waals surface area contributed by atoms with Gasteiger partial charge in [0.25, 0.3) is 5.69 Å². The summed E-state index contributed by atoms with van der Waals surface area (Å²) in [6.45, 7) is 3.90. The number of thiophene rings is 1. The predicted octanol–water partition coefficient (Wildman–Crippen LogP) is 5.43. The van der Waals surface area contributed by atoms with Crippen LogP contribution in [0.2, 0.25) is 0 Å². The molecule has 6 heteroatoms. The van der Waals surface area contributed by atoms with E-state index in [1.165, 1.54) is 18.2 Å². The zero-order valence-corrected chi connectivity index (χ0v) is 14.5. The van der Waals surface area contributed by atoms with Crippen molar-refractivity contribution in [3.8, 4) is 11.3 Å². The molecule has 0 N–H and O–H groups in total. The van der Waals surface area contributed by atoms with E-state index in [0.717, 1.165) is 15.3 Å². The summed E-state index contributed by atoms with van der Waals surface area (Å²) in [5.41, 5.74) is 1.48. The minimum absolute atomic E-state index is 0.0300. The summed E-state index contributed by atoms with van der Waals surface area (Å²) < 4.78 is 5.69. The molecule has 126 valence electrons. The Hall–Kier alpha value is -2.99. The van der Waals surface area contributed by atoms with Crippen LogP contribution < -0.4 is 0 Å². The molecule has 5 nitrogen and oxygen atoms in total. The topological polar surface area (TPSA) is 73.3 Å². The van der Waals surface area contributed by atoms with Crippen molar-refractivity contribution in [1.29, 1.82) is 0 Å². The van der Waals surface area contributed by atoms with Gasteiger partial charge in [0.1, 0.15) is 11.5 Å². The molecule has 3 aromatic rings. The Labute approximate surface area is 148 Å². The van der Waals surface area contributed by atoms with Gasteiger partial charge in [-0.1, -0.05) is 0 Å². The average Bonchev–Trinajstić information content (AvgIpc) is 3.19. The molecule has 0 amide bonds. The summed E-state index contributed by atoms with van der Waals surface area (Å²) in [4.78, 5) is 24.6. The molecule has 0 atom stereocenters. The van der Waals surface area contributed by atoms with Crippen molar-refractivity contribution in [2.24, 2.45) is 0 Å². The first-order valence-electron chi connectivity index (χ1n) is 7.58. The third-order valence-corrected chi connectivity index (χ3v) is 4.66. The molecule has 0 bridgehead atoms. The number of aryl methyl sites for hydroxylation is 2. The van der Waals surface area contributed by atoms with Crippen molar-refractivity contribution in [1.82, 2.24) is 0 Å². The number of furan rings is 1. The Morgan fingerprint density at radius 1 is 1.16 bits per heavy atom. The van der Waals surface area contributed by atoms with Crippen molar-refractivity contribution in [3.63, 3.8) is 0 Å². The molecule has 2 heterocycles. The van der Waals surface area contributed by atoms with E-state index < -0.39 is 4.92 Å². The highest BCUT2D eigenvalue weighted by Crippen LogP contribution is 2.25. The van der Waals surface area contributed by atoms with Gasteiger partial charge in [0, 0.05) is 33.0 Å². The standard InChI is InChI=1S/C19H15NO4S/c1-12-11-17(13(2)25-12)18(21)9-7-16-8-10-19(24-16)14-3-5-15(6-4-14)20(22)23/h3-11H,1-2H3. The third-order valence-electron chi connectivity index (χ3n) is 3.69. The maximum Gasteiger partial charge on any atom is 0.269 e. The summed E-state index contributed by atoms with van der Waals surface area (Å²) in [7, 11) is 0. The van der Waals surface area contributed by atoms with Crippen LogP contribution in [-0.2, 0) is 0 Å². The number of nitro benzene ring substituents is 1. The van der Waals surface area contributed by atoms with E-state index in [4.69, 9.17) is 4.42 Å². The molecule has 0 saturated carbocycles. The van der Waals surface area contributed by atoms with Gasteiger partial charge in [0.2, 0.25) is 0 Å². The SMILES string of the molecule is Cc1cc(C(=O)C=Cc2ccc(-c3ccc([N+](=O)[O-])cc3)o2)c(C)s1. The second kappa shape index (κ2) is 6.86. The fourth-order valence-corrected chi connectivity index (χ4v) is 3.40.